The van der Waals surface area contributed by atoms with Gasteiger partial charge in [0.15, 0.2) is 6.29 Å². The Bertz CT molecular complexity index is 353. The number of rotatable bonds is 3. The average Bonchev–Trinajstić information content (AvgIpc) is 2.38. The van der Waals surface area contributed by atoms with E-state index in [1.54, 1.807) is 0 Å². The van der Waals surface area contributed by atoms with E-state index in [9.17, 15) is 10.2 Å². The third-order valence-electron chi connectivity index (χ3n) is 3.53. The van der Waals surface area contributed by atoms with Crippen molar-refractivity contribution in [1.29, 1.82) is 0 Å². The van der Waals surface area contributed by atoms with Gasteiger partial charge >= 0.3 is 0 Å². The standard InChI is InChI=1S/C14H20O4/c1-9-10(2)18-14(16)12(15)13(9)17-8-11-6-4-3-5-7-11/h3-7,9-10,12-16H,8H2,1-2H3/t9-,10-,12-,13+,14?/m1/s1. The van der Waals surface area contributed by atoms with E-state index in [0.29, 0.717) is 6.61 Å². The van der Waals surface area contributed by atoms with Crippen molar-refractivity contribution in [2.45, 2.75) is 45.1 Å². The van der Waals surface area contributed by atoms with Crippen LogP contribution in [0.1, 0.15) is 19.4 Å². The van der Waals surface area contributed by atoms with E-state index in [1.165, 1.54) is 0 Å². The van der Waals surface area contributed by atoms with E-state index in [4.69, 9.17) is 9.47 Å². The lowest BCUT2D eigenvalue weighted by molar-refractivity contribution is -0.272. The third kappa shape index (κ3) is 2.90. The molecule has 4 nitrogen and oxygen atoms in total. The Labute approximate surface area is 107 Å². The summed E-state index contributed by atoms with van der Waals surface area (Å²) in [5, 5.41) is 19.5. The van der Waals surface area contributed by atoms with Crippen LogP contribution in [0.25, 0.3) is 0 Å². The molecular weight excluding hydrogens is 232 g/mol. The zero-order chi connectivity index (χ0) is 13.1. The van der Waals surface area contributed by atoms with Gasteiger partial charge in [-0.05, 0) is 12.5 Å². The molecule has 1 aromatic carbocycles. The number of aliphatic hydroxyl groups excluding tert-OH is 2. The van der Waals surface area contributed by atoms with Crippen LogP contribution in [0.5, 0.6) is 0 Å². The Morgan fingerprint density at radius 3 is 2.50 bits per heavy atom. The second-order valence-electron chi connectivity index (χ2n) is 4.84. The Kier molecular flexibility index (Phi) is 4.35. The maximum atomic E-state index is 9.90. The Morgan fingerprint density at radius 2 is 1.83 bits per heavy atom. The van der Waals surface area contributed by atoms with Gasteiger partial charge in [0.2, 0.25) is 0 Å². The summed E-state index contributed by atoms with van der Waals surface area (Å²) in [5.74, 6) is 0.0344. The molecule has 18 heavy (non-hydrogen) atoms. The second kappa shape index (κ2) is 5.80. The van der Waals surface area contributed by atoms with Crippen molar-refractivity contribution in [3.05, 3.63) is 35.9 Å². The largest absolute Gasteiger partial charge is 0.385 e. The fraction of sp³-hybridized carbons (Fsp3) is 0.571. The van der Waals surface area contributed by atoms with Gasteiger partial charge in [-0.15, -0.1) is 0 Å². The minimum absolute atomic E-state index is 0.0344. The zero-order valence-electron chi connectivity index (χ0n) is 10.7. The highest BCUT2D eigenvalue weighted by Gasteiger charge is 2.41. The molecule has 5 atom stereocenters. The molecule has 0 spiro atoms. The Balaban J connectivity index is 1.98. The molecule has 4 heteroatoms. The monoisotopic (exact) mass is 252 g/mol. The molecule has 1 saturated heterocycles. The van der Waals surface area contributed by atoms with Crippen molar-refractivity contribution in [3.63, 3.8) is 0 Å². The predicted octanol–water partition coefficient (Wildman–Crippen LogP) is 1.31. The highest BCUT2D eigenvalue weighted by molar-refractivity contribution is 5.13. The average molecular weight is 252 g/mol. The van der Waals surface area contributed by atoms with E-state index in [0.717, 1.165) is 5.56 Å². The summed E-state index contributed by atoms with van der Waals surface area (Å²) in [6.07, 6.45) is -2.72. The molecule has 0 aromatic heterocycles. The quantitative estimate of drug-likeness (QED) is 0.851. The van der Waals surface area contributed by atoms with Crippen LogP contribution in [-0.2, 0) is 16.1 Å². The van der Waals surface area contributed by atoms with Crippen LogP contribution < -0.4 is 0 Å². The Hall–Kier alpha value is -0.940. The molecule has 1 unspecified atom stereocenters. The van der Waals surface area contributed by atoms with Gasteiger partial charge in [0.25, 0.3) is 0 Å². The highest BCUT2D eigenvalue weighted by atomic mass is 16.6. The van der Waals surface area contributed by atoms with Crippen LogP contribution in [0.2, 0.25) is 0 Å². The first-order valence-corrected chi connectivity index (χ1v) is 6.26. The SMILES string of the molecule is C[C@H]1[C@H](OCc2ccccc2)[C@@H](O)C(O)O[C@@H]1C. The lowest BCUT2D eigenvalue weighted by Crippen LogP contribution is -2.53. The molecule has 0 bridgehead atoms. The molecule has 0 aliphatic carbocycles. The third-order valence-corrected chi connectivity index (χ3v) is 3.53. The summed E-state index contributed by atoms with van der Waals surface area (Å²) in [6, 6.07) is 9.77. The minimum atomic E-state index is -1.17. The smallest absolute Gasteiger partial charge is 0.183 e. The van der Waals surface area contributed by atoms with Gasteiger partial charge in [0.1, 0.15) is 6.10 Å². The Morgan fingerprint density at radius 1 is 1.17 bits per heavy atom. The molecular formula is C14H20O4. The van der Waals surface area contributed by atoms with Crippen molar-refractivity contribution < 1.29 is 19.7 Å². The predicted molar refractivity (Wildman–Crippen MR) is 66.7 cm³/mol. The van der Waals surface area contributed by atoms with Gasteiger partial charge in [0, 0.05) is 5.92 Å². The number of benzene rings is 1. The number of ether oxygens (including phenoxy) is 2. The molecule has 1 fully saturated rings. The molecule has 0 saturated carbocycles. The van der Waals surface area contributed by atoms with E-state index in [-0.39, 0.29) is 12.0 Å². The molecule has 0 radical (unpaired) electrons. The second-order valence-corrected chi connectivity index (χ2v) is 4.84. The van der Waals surface area contributed by atoms with Gasteiger partial charge in [-0.25, -0.2) is 0 Å². The lowest BCUT2D eigenvalue weighted by Gasteiger charge is -2.40. The van der Waals surface area contributed by atoms with Crippen molar-refractivity contribution in [1.82, 2.24) is 0 Å². The topological polar surface area (TPSA) is 58.9 Å². The summed E-state index contributed by atoms with van der Waals surface area (Å²) in [5.41, 5.74) is 1.05. The minimum Gasteiger partial charge on any atom is -0.385 e. The maximum absolute atomic E-state index is 9.90. The van der Waals surface area contributed by atoms with Crippen molar-refractivity contribution in [3.8, 4) is 0 Å². The van der Waals surface area contributed by atoms with Gasteiger partial charge < -0.3 is 19.7 Å². The molecule has 2 N–H and O–H groups in total. The fourth-order valence-electron chi connectivity index (χ4n) is 2.18. The van der Waals surface area contributed by atoms with Crippen molar-refractivity contribution >= 4 is 0 Å². The van der Waals surface area contributed by atoms with E-state index < -0.39 is 18.5 Å². The van der Waals surface area contributed by atoms with Crippen LogP contribution in [0.4, 0.5) is 0 Å². The number of aliphatic hydroxyl groups is 2. The summed E-state index contributed by atoms with van der Waals surface area (Å²) in [7, 11) is 0. The summed E-state index contributed by atoms with van der Waals surface area (Å²) in [6.45, 7) is 4.25. The van der Waals surface area contributed by atoms with Gasteiger partial charge in [0.05, 0.1) is 18.8 Å². The van der Waals surface area contributed by atoms with Crippen LogP contribution >= 0.6 is 0 Å². The van der Waals surface area contributed by atoms with Gasteiger partial charge in [-0.1, -0.05) is 37.3 Å². The fourth-order valence-corrected chi connectivity index (χ4v) is 2.18. The summed E-state index contributed by atoms with van der Waals surface area (Å²) in [4.78, 5) is 0. The van der Waals surface area contributed by atoms with Crippen molar-refractivity contribution in [2.24, 2.45) is 5.92 Å². The zero-order valence-corrected chi connectivity index (χ0v) is 10.7. The number of hydrogen-bond donors (Lipinski definition) is 2. The first kappa shape index (κ1) is 13.5. The van der Waals surface area contributed by atoms with E-state index in [2.05, 4.69) is 0 Å². The van der Waals surface area contributed by atoms with Crippen LogP contribution in [0.3, 0.4) is 0 Å². The first-order valence-electron chi connectivity index (χ1n) is 6.26. The summed E-state index contributed by atoms with van der Waals surface area (Å²) >= 11 is 0. The van der Waals surface area contributed by atoms with Crippen LogP contribution in [0.15, 0.2) is 30.3 Å². The molecule has 0 amide bonds. The molecule has 1 aliphatic rings. The molecule has 100 valence electrons. The van der Waals surface area contributed by atoms with Crippen LogP contribution in [-0.4, -0.2) is 34.8 Å². The molecule has 1 heterocycles. The lowest BCUT2D eigenvalue weighted by atomic mass is 9.91. The molecule has 1 aliphatic heterocycles. The summed E-state index contributed by atoms with van der Waals surface area (Å²) < 4.78 is 11.0. The molecule has 2 rings (SSSR count). The first-order chi connectivity index (χ1) is 8.59. The van der Waals surface area contributed by atoms with Crippen LogP contribution in [0, 0.1) is 5.92 Å². The van der Waals surface area contributed by atoms with E-state index in [1.807, 2.05) is 44.2 Å². The van der Waals surface area contributed by atoms with E-state index >= 15 is 0 Å². The normalized spacial score (nSPS) is 36.6. The number of hydrogen-bond acceptors (Lipinski definition) is 4. The van der Waals surface area contributed by atoms with Gasteiger partial charge in [-0.3, -0.25) is 0 Å². The van der Waals surface area contributed by atoms with Crippen molar-refractivity contribution in [2.75, 3.05) is 0 Å². The maximum Gasteiger partial charge on any atom is 0.183 e. The van der Waals surface area contributed by atoms with Gasteiger partial charge in [-0.2, -0.15) is 0 Å². The highest BCUT2D eigenvalue weighted by Crippen LogP contribution is 2.27. The molecule has 1 aromatic rings.